The fourth-order valence-electron chi connectivity index (χ4n) is 1.83. The van der Waals surface area contributed by atoms with Gasteiger partial charge in [0.25, 0.3) is 0 Å². The summed E-state index contributed by atoms with van der Waals surface area (Å²) in [5.41, 5.74) is 1.55. The van der Waals surface area contributed by atoms with E-state index in [4.69, 9.17) is 14.6 Å². The molecule has 0 amide bonds. The minimum atomic E-state index is -0.345. The molecule has 2 aromatic carbocycles. The lowest BCUT2D eigenvalue weighted by molar-refractivity contribution is 0.295. The Labute approximate surface area is 122 Å². The lowest BCUT2D eigenvalue weighted by Gasteiger charge is -2.11. The Kier molecular flexibility index (Phi) is 5.19. The first kappa shape index (κ1) is 14.9. The van der Waals surface area contributed by atoms with Gasteiger partial charge < -0.3 is 14.6 Å². The van der Waals surface area contributed by atoms with Crippen molar-refractivity contribution in [3.8, 4) is 23.3 Å². The van der Waals surface area contributed by atoms with Crippen molar-refractivity contribution in [3.05, 3.63) is 59.4 Å². The number of methoxy groups -OCH3 is 1. The van der Waals surface area contributed by atoms with Crippen LogP contribution in [0.2, 0.25) is 0 Å². The Morgan fingerprint density at radius 1 is 1.19 bits per heavy atom. The third-order valence-electron chi connectivity index (χ3n) is 2.78. The molecule has 3 nitrogen and oxygen atoms in total. The van der Waals surface area contributed by atoms with E-state index in [-0.39, 0.29) is 19.0 Å². The van der Waals surface area contributed by atoms with Gasteiger partial charge in [-0.3, -0.25) is 0 Å². The summed E-state index contributed by atoms with van der Waals surface area (Å²) in [5, 5.41) is 8.72. The van der Waals surface area contributed by atoms with Gasteiger partial charge in [-0.25, -0.2) is 4.39 Å². The second-order valence-electron chi connectivity index (χ2n) is 4.23. The third kappa shape index (κ3) is 4.23. The van der Waals surface area contributed by atoms with Gasteiger partial charge in [0.2, 0.25) is 0 Å². The maximum Gasteiger partial charge on any atom is 0.126 e. The molecule has 0 aliphatic heterocycles. The van der Waals surface area contributed by atoms with Crippen LogP contribution in [0.25, 0.3) is 0 Å². The number of halogens is 1. The molecule has 0 bridgehead atoms. The summed E-state index contributed by atoms with van der Waals surface area (Å²) in [6.45, 7) is 0.0441. The molecule has 0 saturated heterocycles. The summed E-state index contributed by atoms with van der Waals surface area (Å²) in [6.07, 6.45) is 0. The molecule has 2 aromatic rings. The van der Waals surface area contributed by atoms with Gasteiger partial charge >= 0.3 is 0 Å². The molecule has 0 saturated carbocycles. The average Bonchev–Trinajstić information content (AvgIpc) is 2.51. The van der Waals surface area contributed by atoms with Gasteiger partial charge in [-0.1, -0.05) is 17.9 Å². The Balaban J connectivity index is 2.17. The Bertz CT molecular complexity index is 671. The van der Waals surface area contributed by atoms with E-state index < -0.39 is 0 Å². The zero-order chi connectivity index (χ0) is 15.1. The predicted octanol–water partition coefficient (Wildman–Crippen LogP) is 2.76. The predicted molar refractivity (Wildman–Crippen MR) is 77.7 cm³/mol. The normalized spacial score (nSPS) is 9.67. The highest BCUT2D eigenvalue weighted by Crippen LogP contribution is 2.22. The summed E-state index contributed by atoms with van der Waals surface area (Å²) < 4.78 is 23.9. The molecular formula is C17H15FO3. The number of ether oxygens (including phenoxy) is 2. The van der Waals surface area contributed by atoms with E-state index in [1.807, 2.05) is 6.07 Å². The van der Waals surface area contributed by atoms with Gasteiger partial charge in [0.05, 0.1) is 7.11 Å². The highest BCUT2D eigenvalue weighted by molar-refractivity contribution is 5.44. The van der Waals surface area contributed by atoms with Gasteiger partial charge in [-0.05, 0) is 30.3 Å². The molecule has 21 heavy (non-hydrogen) atoms. The number of hydrogen-bond acceptors (Lipinski definition) is 3. The molecule has 0 aliphatic rings. The van der Waals surface area contributed by atoms with Crippen LogP contribution in [-0.4, -0.2) is 18.8 Å². The van der Waals surface area contributed by atoms with Crippen LogP contribution in [0.5, 0.6) is 11.5 Å². The molecule has 0 fully saturated rings. The van der Waals surface area contributed by atoms with E-state index in [2.05, 4.69) is 11.8 Å². The summed E-state index contributed by atoms with van der Waals surface area (Å²) >= 11 is 0. The molecule has 0 radical (unpaired) electrons. The zero-order valence-corrected chi connectivity index (χ0v) is 11.6. The summed E-state index contributed by atoms with van der Waals surface area (Å²) in [4.78, 5) is 0. The van der Waals surface area contributed by atoms with E-state index in [1.165, 1.54) is 12.1 Å². The van der Waals surface area contributed by atoms with Crippen LogP contribution < -0.4 is 9.47 Å². The first-order valence-electron chi connectivity index (χ1n) is 6.38. The minimum Gasteiger partial charge on any atom is -0.496 e. The molecule has 0 aromatic heterocycles. The van der Waals surface area contributed by atoms with Crippen molar-refractivity contribution in [2.45, 2.75) is 6.61 Å². The topological polar surface area (TPSA) is 38.7 Å². The molecule has 108 valence electrons. The average molecular weight is 286 g/mol. The highest BCUT2D eigenvalue weighted by atomic mass is 19.1. The van der Waals surface area contributed by atoms with Gasteiger partial charge in [0.15, 0.2) is 0 Å². The second-order valence-corrected chi connectivity index (χ2v) is 4.23. The van der Waals surface area contributed by atoms with E-state index in [1.54, 1.807) is 31.4 Å². The van der Waals surface area contributed by atoms with Crippen molar-refractivity contribution in [2.24, 2.45) is 0 Å². The molecule has 0 aliphatic carbocycles. The van der Waals surface area contributed by atoms with Gasteiger partial charge in [-0.2, -0.15) is 0 Å². The number of benzene rings is 2. The maximum absolute atomic E-state index is 13.1. The van der Waals surface area contributed by atoms with Crippen LogP contribution in [-0.2, 0) is 6.61 Å². The van der Waals surface area contributed by atoms with E-state index in [9.17, 15) is 4.39 Å². The molecule has 2 rings (SSSR count). The number of rotatable bonds is 4. The van der Waals surface area contributed by atoms with Crippen molar-refractivity contribution in [2.75, 3.05) is 13.7 Å². The molecule has 4 heteroatoms. The van der Waals surface area contributed by atoms with Crippen molar-refractivity contribution >= 4 is 0 Å². The van der Waals surface area contributed by atoms with Crippen LogP contribution in [0.15, 0.2) is 42.5 Å². The standard InChI is InChI=1S/C17H15FO3/c1-20-17-8-7-13(4-3-9-19)10-14(17)12-21-16-6-2-5-15(18)11-16/h2,5-8,10-11,19H,9,12H2,1H3. The number of aliphatic hydroxyl groups excluding tert-OH is 1. The Hall–Kier alpha value is -2.51. The molecule has 0 atom stereocenters. The summed E-state index contributed by atoms with van der Waals surface area (Å²) in [6, 6.07) is 11.4. The van der Waals surface area contributed by atoms with Crippen LogP contribution in [0.3, 0.4) is 0 Å². The van der Waals surface area contributed by atoms with E-state index in [0.29, 0.717) is 11.5 Å². The smallest absolute Gasteiger partial charge is 0.126 e. The van der Waals surface area contributed by atoms with E-state index in [0.717, 1.165) is 11.1 Å². The SMILES string of the molecule is COc1ccc(C#CCO)cc1COc1cccc(F)c1. The van der Waals surface area contributed by atoms with Crippen molar-refractivity contribution < 1.29 is 19.0 Å². The quantitative estimate of drug-likeness (QED) is 0.878. The first-order chi connectivity index (χ1) is 10.2. The van der Waals surface area contributed by atoms with Crippen LogP contribution >= 0.6 is 0 Å². The van der Waals surface area contributed by atoms with Crippen LogP contribution in [0.1, 0.15) is 11.1 Å². The summed E-state index contributed by atoms with van der Waals surface area (Å²) in [5.74, 6) is 6.18. The fraction of sp³-hybridized carbons (Fsp3) is 0.176. The Morgan fingerprint density at radius 2 is 2.05 bits per heavy atom. The largest absolute Gasteiger partial charge is 0.496 e. The van der Waals surface area contributed by atoms with Crippen LogP contribution in [0, 0.1) is 17.7 Å². The lowest BCUT2D eigenvalue weighted by Crippen LogP contribution is -1.99. The van der Waals surface area contributed by atoms with Gasteiger partial charge in [0.1, 0.15) is 30.5 Å². The van der Waals surface area contributed by atoms with Crippen molar-refractivity contribution in [1.29, 1.82) is 0 Å². The monoisotopic (exact) mass is 286 g/mol. The van der Waals surface area contributed by atoms with Crippen molar-refractivity contribution in [3.63, 3.8) is 0 Å². The minimum absolute atomic E-state index is 0.193. The first-order valence-corrected chi connectivity index (χ1v) is 6.38. The molecule has 1 N–H and O–H groups in total. The summed E-state index contributed by atoms with van der Waals surface area (Å²) in [7, 11) is 1.57. The molecular weight excluding hydrogens is 271 g/mol. The zero-order valence-electron chi connectivity index (χ0n) is 11.6. The maximum atomic E-state index is 13.1. The Morgan fingerprint density at radius 3 is 2.76 bits per heavy atom. The molecule has 0 unspecified atom stereocenters. The second kappa shape index (κ2) is 7.32. The van der Waals surface area contributed by atoms with E-state index >= 15 is 0 Å². The van der Waals surface area contributed by atoms with Gasteiger partial charge in [-0.15, -0.1) is 0 Å². The number of hydrogen-bond donors (Lipinski definition) is 1. The van der Waals surface area contributed by atoms with Crippen LogP contribution in [0.4, 0.5) is 4.39 Å². The fourth-order valence-corrected chi connectivity index (χ4v) is 1.83. The molecule has 0 heterocycles. The van der Waals surface area contributed by atoms with Crippen molar-refractivity contribution in [1.82, 2.24) is 0 Å². The molecule has 0 spiro atoms. The lowest BCUT2D eigenvalue weighted by atomic mass is 10.1. The highest BCUT2D eigenvalue weighted by Gasteiger charge is 2.05. The van der Waals surface area contributed by atoms with Gasteiger partial charge in [0, 0.05) is 17.2 Å². The number of aliphatic hydroxyl groups is 1. The third-order valence-corrected chi connectivity index (χ3v) is 2.78.